The number of aromatic nitrogens is 3. The van der Waals surface area contributed by atoms with Crippen molar-refractivity contribution in [1.82, 2.24) is 14.8 Å². The van der Waals surface area contributed by atoms with Crippen LogP contribution in [0.15, 0.2) is 91.0 Å². The van der Waals surface area contributed by atoms with E-state index in [0.717, 1.165) is 12.1 Å². The molecule has 39 heavy (non-hydrogen) atoms. The Balaban J connectivity index is 1.36. The Morgan fingerprint density at radius 3 is 2.23 bits per heavy atom. The van der Waals surface area contributed by atoms with Gasteiger partial charge in [-0.25, -0.2) is 27.0 Å². The molecule has 2 N–H and O–H groups in total. The second-order valence-corrected chi connectivity index (χ2v) is 8.27. The summed E-state index contributed by atoms with van der Waals surface area (Å²) in [5, 5.41) is 9.22. The van der Waals surface area contributed by atoms with Crippen LogP contribution in [0.2, 0.25) is 0 Å². The summed E-state index contributed by atoms with van der Waals surface area (Å²) < 4.78 is 61.8. The fraction of sp³-hybridized carbons (Fsp3) is 0.0357. The Bertz CT molecular complexity index is 1620. The Hall–Kier alpha value is -5.19. The van der Waals surface area contributed by atoms with Gasteiger partial charge in [0.15, 0.2) is 5.82 Å². The molecule has 0 saturated heterocycles. The van der Waals surface area contributed by atoms with Gasteiger partial charge in [-0.1, -0.05) is 24.3 Å². The summed E-state index contributed by atoms with van der Waals surface area (Å²) in [6, 6.07) is 20.2. The van der Waals surface area contributed by atoms with Gasteiger partial charge >= 0.3 is 12.0 Å². The van der Waals surface area contributed by atoms with E-state index < -0.39 is 23.5 Å². The Morgan fingerprint density at radius 1 is 0.795 bits per heavy atom. The van der Waals surface area contributed by atoms with Gasteiger partial charge in [-0.05, 0) is 66.2 Å². The fourth-order valence-corrected chi connectivity index (χ4v) is 3.64. The van der Waals surface area contributed by atoms with E-state index in [1.165, 1.54) is 22.9 Å². The predicted molar refractivity (Wildman–Crippen MR) is 136 cm³/mol. The minimum absolute atomic E-state index is 0.0273. The summed E-state index contributed by atoms with van der Waals surface area (Å²) in [6.07, 6.45) is 0. The maximum absolute atomic E-state index is 14.6. The van der Waals surface area contributed by atoms with Crippen LogP contribution in [0.1, 0.15) is 5.56 Å². The molecule has 5 rings (SSSR count). The van der Waals surface area contributed by atoms with Gasteiger partial charge in [0.2, 0.25) is 0 Å². The zero-order chi connectivity index (χ0) is 27.4. The van der Waals surface area contributed by atoms with Crippen LogP contribution >= 0.6 is 0 Å². The summed E-state index contributed by atoms with van der Waals surface area (Å²) in [6.45, 7) is 0.0631. The third-order valence-electron chi connectivity index (χ3n) is 5.53. The molecule has 0 aliphatic carbocycles. The zero-order valence-electron chi connectivity index (χ0n) is 20.0. The first kappa shape index (κ1) is 25.5. The number of rotatable bonds is 7. The quantitative estimate of drug-likeness (QED) is 0.228. The largest absolute Gasteiger partial charge is 0.457 e. The minimum atomic E-state index is -0.912. The van der Waals surface area contributed by atoms with E-state index in [1.54, 1.807) is 54.6 Å². The number of hydrogen-bond acceptors (Lipinski definition) is 4. The van der Waals surface area contributed by atoms with Gasteiger partial charge in [-0.2, -0.15) is 4.98 Å². The maximum atomic E-state index is 14.6. The molecule has 0 bridgehead atoms. The van der Waals surface area contributed by atoms with Crippen LogP contribution in [0.5, 0.6) is 6.01 Å². The number of carbonyl (C=O) groups is 1. The fourth-order valence-electron chi connectivity index (χ4n) is 3.64. The van der Waals surface area contributed by atoms with Crippen molar-refractivity contribution in [2.24, 2.45) is 0 Å². The van der Waals surface area contributed by atoms with Crippen molar-refractivity contribution in [3.05, 3.63) is 120 Å². The third-order valence-corrected chi connectivity index (χ3v) is 5.53. The Labute approximate surface area is 219 Å². The van der Waals surface area contributed by atoms with Gasteiger partial charge in [-0.15, -0.1) is 5.10 Å². The van der Waals surface area contributed by atoms with E-state index in [9.17, 15) is 22.4 Å². The number of hydrogen-bond donors (Lipinski definition) is 2. The average Bonchev–Trinajstić information content (AvgIpc) is 3.35. The van der Waals surface area contributed by atoms with Gasteiger partial charge in [0.1, 0.15) is 29.9 Å². The lowest BCUT2D eigenvalue weighted by Crippen LogP contribution is -2.20. The van der Waals surface area contributed by atoms with Crippen LogP contribution in [0.25, 0.3) is 17.1 Å². The number of nitrogens with zero attached hydrogens (tertiary/aromatic N) is 3. The van der Waals surface area contributed by atoms with Gasteiger partial charge < -0.3 is 15.4 Å². The van der Waals surface area contributed by atoms with Gasteiger partial charge in [0, 0.05) is 11.8 Å². The summed E-state index contributed by atoms with van der Waals surface area (Å²) >= 11 is 0. The molecular weight excluding hydrogens is 514 g/mol. The molecule has 0 unspecified atom stereocenters. The zero-order valence-corrected chi connectivity index (χ0v) is 20.0. The van der Waals surface area contributed by atoms with E-state index in [-0.39, 0.29) is 35.5 Å². The van der Waals surface area contributed by atoms with Crippen molar-refractivity contribution in [2.75, 3.05) is 10.6 Å². The van der Waals surface area contributed by atoms with Crippen LogP contribution in [0.4, 0.5) is 33.7 Å². The standard InChI is InChI=1S/C28H19F4N5O2/c29-18-7-5-17(6-8-18)16-39-28-35-26(22-3-1-2-4-23(22)31)37(36-28)21-12-10-20(11-13-21)33-27(38)34-25-14-9-19(30)15-24(25)32/h1-15H,16H2,(H2,33,34,38). The van der Waals surface area contributed by atoms with Gasteiger partial charge in [-0.3, -0.25) is 0 Å². The lowest BCUT2D eigenvalue weighted by Gasteiger charge is -2.10. The molecule has 0 spiro atoms. The number of anilines is 2. The van der Waals surface area contributed by atoms with Crippen LogP contribution in [0.3, 0.4) is 0 Å². The first-order valence-electron chi connectivity index (χ1n) is 11.6. The number of amides is 2. The first-order chi connectivity index (χ1) is 18.9. The highest BCUT2D eigenvalue weighted by Gasteiger charge is 2.18. The molecule has 2 amide bonds. The summed E-state index contributed by atoms with van der Waals surface area (Å²) in [5.74, 6) is -2.39. The molecule has 0 aliphatic heterocycles. The number of benzene rings is 4. The minimum Gasteiger partial charge on any atom is -0.457 e. The van der Waals surface area contributed by atoms with Crippen molar-refractivity contribution in [2.45, 2.75) is 6.61 Å². The Morgan fingerprint density at radius 2 is 1.51 bits per heavy atom. The number of halogens is 4. The highest BCUT2D eigenvalue weighted by atomic mass is 19.1. The SMILES string of the molecule is O=C(Nc1ccc(-n2nc(OCc3ccc(F)cc3)nc2-c2ccccc2F)cc1)Nc1ccc(F)cc1F. The van der Waals surface area contributed by atoms with E-state index in [4.69, 9.17) is 4.74 Å². The number of urea groups is 1. The molecule has 0 radical (unpaired) electrons. The van der Waals surface area contributed by atoms with Crippen molar-refractivity contribution in [3.8, 4) is 23.1 Å². The molecule has 196 valence electrons. The monoisotopic (exact) mass is 533 g/mol. The molecule has 5 aromatic rings. The summed E-state index contributed by atoms with van der Waals surface area (Å²) in [4.78, 5) is 16.6. The van der Waals surface area contributed by atoms with E-state index in [0.29, 0.717) is 23.0 Å². The predicted octanol–water partition coefficient (Wildman–Crippen LogP) is 6.71. The molecule has 11 heteroatoms. The molecule has 0 fully saturated rings. The molecule has 1 aromatic heterocycles. The second-order valence-electron chi connectivity index (χ2n) is 8.27. The number of nitrogens with one attached hydrogen (secondary N) is 2. The maximum Gasteiger partial charge on any atom is 0.336 e. The molecule has 7 nitrogen and oxygen atoms in total. The molecule has 4 aromatic carbocycles. The van der Waals surface area contributed by atoms with E-state index >= 15 is 0 Å². The second kappa shape index (κ2) is 11.1. The smallest absolute Gasteiger partial charge is 0.336 e. The number of ether oxygens (including phenoxy) is 1. The third kappa shape index (κ3) is 6.04. The normalized spacial score (nSPS) is 10.8. The molecular formula is C28H19F4N5O2. The average molecular weight is 533 g/mol. The van der Waals surface area contributed by atoms with Gasteiger partial charge in [0.25, 0.3) is 0 Å². The highest BCUT2D eigenvalue weighted by molar-refractivity contribution is 5.99. The lowest BCUT2D eigenvalue weighted by molar-refractivity contribution is 0.262. The Kier molecular flexibility index (Phi) is 7.21. The van der Waals surface area contributed by atoms with E-state index in [2.05, 4.69) is 20.7 Å². The molecule has 0 saturated carbocycles. The van der Waals surface area contributed by atoms with Crippen molar-refractivity contribution < 1.29 is 27.1 Å². The van der Waals surface area contributed by atoms with Crippen molar-refractivity contribution in [1.29, 1.82) is 0 Å². The van der Waals surface area contributed by atoms with Crippen molar-refractivity contribution >= 4 is 17.4 Å². The van der Waals surface area contributed by atoms with Crippen LogP contribution in [-0.2, 0) is 6.61 Å². The van der Waals surface area contributed by atoms with Gasteiger partial charge in [0.05, 0.1) is 16.9 Å². The first-order valence-corrected chi connectivity index (χ1v) is 11.6. The molecule has 0 atom stereocenters. The number of carbonyl (C=O) groups excluding carboxylic acids is 1. The lowest BCUT2D eigenvalue weighted by atomic mass is 10.2. The van der Waals surface area contributed by atoms with Crippen LogP contribution in [0, 0.1) is 23.3 Å². The van der Waals surface area contributed by atoms with Crippen LogP contribution < -0.4 is 15.4 Å². The van der Waals surface area contributed by atoms with E-state index in [1.807, 2.05) is 0 Å². The molecule has 1 heterocycles. The highest BCUT2D eigenvalue weighted by Crippen LogP contribution is 2.27. The summed E-state index contributed by atoms with van der Waals surface area (Å²) in [7, 11) is 0. The topological polar surface area (TPSA) is 81.1 Å². The van der Waals surface area contributed by atoms with Crippen LogP contribution in [-0.4, -0.2) is 20.8 Å². The summed E-state index contributed by atoms with van der Waals surface area (Å²) in [5.41, 5.74) is 1.53. The van der Waals surface area contributed by atoms with Crippen molar-refractivity contribution in [3.63, 3.8) is 0 Å². The molecule has 0 aliphatic rings.